The topological polar surface area (TPSA) is 70.5 Å². The van der Waals surface area contributed by atoms with Gasteiger partial charge in [0.1, 0.15) is 0 Å². The molecule has 0 aliphatic carbocycles. The Balaban J connectivity index is 2.07. The second-order valence-electron chi connectivity index (χ2n) is 4.53. The summed E-state index contributed by atoms with van der Waals surface area (Å²) in [6, 6.07) is 8.37. The van der Waals surface area contributed by atoms with E-state index in [4.69, 9.17) is 5.73 Å². The van der Waals surface area contributed by atoms with Crippen molar-refractivity contribution in [3.05, 3.63) is 53.0 Å². The third-order valence-corrected chi connectivity index (χ3v) is 3.41. The van der Waals surface area contributed by atoms with Crippen molar-refractivity contribution in [2.45, 2.75) is 19.9 Å². The second-order valence-corrected chi connectivity index (χ2v) is 4.53. The smallest absolute Gasteiger partial charge is 0.0526 e. The molecule has 18 heavy (non-hydrogen) atoms. The Morgan fingerprint density at radius 2 is 2.11 bits per heavy atom. The number of hydrogen-bond donors (Lipinski definition) is 3. The molecule has 0 fully saturated rings. The Labute approximate surface area is 105 Å². The van der Waals surface area contributed by atoms with Gasteiger partial charge in [-0.05, 0) is 24.1 Å². The van der Waals surface area contributed by atoms with Crippen molar-refractivity contribution < 1.29 is 0 Å². The Hall–Kier alpha value is -2.07. The zero-order valence-corrected chi connectivity index (χ0v) is 10.3. The summed E-state index contributed by atoms with van der Waals surface area (Å²) in [5, 5.41) is 8.30. The van der Waals surface area contributed by atoms with Crippen LogP contribution in [0.3, 0.4) is 0 Å². The molecule has 2 heterocycles. The highest BCUT2D eigenvalue weighted by molar-refractivity contribution is 5.84. The Morgan fingerprint density at radius 1 is 1.28 bits per heavy atom. The molecule has 1 aromatic carbocycles. The van der Waals surface area contributed by atoms with Crippen LogP contribution in [0.4, 0.5) is 0 Å². The number of fused-ring (bicyclic) bond motifs is 1. The van der Waals surface area contributed by atoms with Crippen LogP contribution < -0.4 is 5.73 Å². The first kappa shape index (κ1) is 11.0. The molecule has 0 aliphatic rings. The standard InChI is InChI=1S/C14H16N4/c1-9-12(6-10-8-16-18-14(10)7-15)11-4-2-3-5-13(11)17-9/h2-5,8,17H,6-7,15H2,1H3,(H,16,18). The van der Waals surface area contributed by atoms with Crippen LogP contribution in [0.25, 0.3) is 10.9 Å². The molecule has 0 amide bonds. The van der Waals surface area contributed by atoms with Crippen LogP contribution in [0, 0.1) is 6.92 Å². The van der Waals surface area contributed by atoms with E-state index in [9.17, 15) is 0 Å². The molecular weight excluding hydrogens is 224 g/mol. The highest BCUT2D eigenvalue weighted by Gasteiger charge is 2.11. The third-order valence-electron chi connectivity index (χ3n) is 3.41. The molecular formula is C14H16N4. The molecule has 0 saturated carbocycles. The van der Waals surface area contributed by atoms with Crippen molar-refractivity contribution >= 4 is 10.9 Å². The summed E-state index contributed by atoms with van der Waals surface area (Å²) in [5.74, 6) is 0. The predicted octanol–water partition coefficient (Wildman–Crippen LogP) is 2.25. The maximum absolute atomic E-state index is 5.70. The zero-order valence-electron chi connectivity index (χ0n) is 10.3. The van der Waals surface area contributed by atoms with E-state index in [0.29, 0.717) is 6.54 Å². The molecule has 0 aliphatic heterocycles. The van der Waals surface area contributed by atoms with Gasteiger partial charge >= 0.3 is 0 Å². The monoisotopic (exact) mass is 240 g/mol. The summed E-state index contributed by atoms with van der Waals surface area (Å²) in [7, 11) is 0. The Kier molecular flexibility index (Phi) is 2.64. The van der Waals surface area contributed by atoms with Gasteiger partial charge in [-0.3, -0.25) is 5.10 Å². The summed E-state index contributed by atoms with van der Waals surface area (Å²) in [6.07, 6.45) is 2.72. The number of H-pyrrole nitrogens is 2. The minimum absolute atomic E-state index is 0.497. The van der Waals surface area contributed by atoms with Gasteiger partial charge in [0.2, 0.25) is 0 Å². The van der Waals surface area contributed by atoms with Gasteiger partial charge in [-0.1, -0.05) is 18.2 Å². The van der Waals surface area contributed by atoms with Gasteiger partial charge in [0.25, 0.3) is 0 Å². The molecule has 4 nitrogen and oxygen atoms in total. The minimum Gasteiger partial charge on any atom is -0.358 e. The van der Waals surface area contributed by atoms with Gasteiger partial charge in [0.15, 0.2) is 0 Å². The first-order valence-electron chi connectivity index (χ1n) is 6.07. The molecule has 4 N–H and O–H groups in total. The molecule has 0 bridgehead atoms. The van der Waals surface area contributed by atoms with Gasteiger partial charge in [0.05, 0.1) is 11.9 Å². The Morgan fingerprint density at radius 3 is 2.94 bits per heavy atom. The molecule has 0 spiro atoms. The van der Waals surface area contributed by atoms with Gasteiger partial charge < -0.3 is 10.7 Å². The van der Waals surface area contributed by atoms with Crippen LogP contribution in [0.1, 0.15) is 22.5 Å². The van der Waals surface area contributed by atoms with Crippen LogP contribution in [-0.4, -0.2) is 15.2 Å². The number of hydrogen-bond acceptors (Lipinski definition) is 2. The van der Waals surface area contributed by atoms with Gasteiger partial charge in [-0.2, -0.15) is 5.10 Å². The van der Waals surface area contributed by atoms with E-state index in [1.807, 2.05) is 12.3 Å². The second kappa shape index (κ2) is 4.31. The van der Waals surface area contributed by atoms with Crippen LogP contribution in [0.15, 0.2) is 30.5 Å². The number of rotatable bonds is 3. The van der Waals surface area contributed by atoms with E-state index >= 15 is 0 Å². The molecule has 0 atom stereocenters. The van der Waals surface area contributed by atoms with Crippen molar-refractivity contribution in [3.8, 4) is 0 Å². The number of benzene rings is 1. The van der Waals surface area contributed by atoms with E-state index in [0.717, 1.165) is 12.1 Å². The van der Waals surface area contributed by atoms with Gasteiger partial charge in [-0.15, -0.1) is 0 Å². The first-order valence-corrected chi connectivity index (χ1v) is 6.07. The van der Waals surface area contributed by atoms with Crippen LogP contribution in [0.2, 0.25) is 0 Å². The first-order chi connectivity index (χ1) is 8.79. The quantitative estimate of drug-likeness (QED) is 0.657. The highest BCUT2D eigenvalue weighted by Crippen LogP contribution is 2.25. The molecule has 92 valence electrons. The van der Waals surface area contributed by atoms with E-state index in [1.165, 1.54) is 27.7 Å². The highest BCUT2D eigenvalue weighted by atomic mass is 15.1. The SMILES string of the molecule is Cc1[nH]c2ccccc2c1Cc1cn[nH]c1CN. The molecule has 4 heteroatoms. The van der Waals surface area contributed by atoms with Crippen molar-refractivity contribution in [1.29, 1.82) is 0 Å². The molecule has 3 aromatic rings. The largest absolute Gasteiger partial charge is 0.358 e. The molecule has 0 unspecified atom stereocenters. The fourth-order valence-corrected chi connectivity index (χ4v) is 2.42. The summed E-state index contributed by atoms with van der Waals surface area (Å²) in [4.78, 5) is 3.42. The maximum atomic E-state index is 5.70. The van der Waals surface area contributed by atoms with E-state index in [2.05, 4.69) is 40.3 Å². The number of aromatic amines is 2. The number of nitrogens with zero attached hydrogens (tertiary/aromatic N) is 1. The molecule has 0 saturated heterocycles. The average Bonchev–Trinajstić information content (AvgIpc) is 2.95. The fraction of sp³-hybridized carbons (Fsp3) is 0.214. The molecule has 2 aromatic heterocycles. The lowest BCUT2D eigenvalue weighted by Crippen LogP contribution is -2.01. The van der Waals surface area contributed by atoms with Crippen LogP contribution in [0.5, 0.6) is 0 Å². The summed E-state index contributed by atoms with van der Waals surface area (Å²) < 4.78 is 0. The van der Waals surface area contributed by atoms with Crippen molar-refractivity contribution in [1.82, 2.24) is 15.2 Å². The number of aromatic nitrogens is 3. The van der Waals surface area contributed by atoms with Crippen molar-refractivity contribution in [2.24, 2.45) is 5.73 Å². The summed E-state index contributed by atoms with van der Waals surface area (Å²) >= 11 is 0. The lowest BCUT2D eigenvalue weighted by molar-refractivity contribution is 0.933. The van der Waals surface area contributed by atoms with Gasteiger partial charge in [-0.25, -0.2) is 0 Å². The number of para-hydroxylation sites is 1. The van der Waals surface area contributed by atoms with Crippen molar-refractivity contribution in [2.75, 3.05) is 0 Å². The number of aryl methyl sites for hydroxylation is 1. The molecule has 0 radical (unpaired) electrons. The molecule has 3 rings (SSSR count). The van der Waals surface area contributed by atoms with Crippen LogP contribution >= 0.6 is 0 Å². The maximum Gasteiger partial charge on any atom is 0.0526 e. The summed E-state index contributed by atoms with van der Waals surface area (Å²) in [6.45, 7) is 2.61. The zero-order chi connectivity index (χ0) is 12.5. The fourth-order valence-electron chi connectivity index (χ4n) is 2.42. The normalized spacial score (nSPS) is 11.2. The predicted molar refractivity (Wildman–Crippen MR) is 72.3 cm³/mol. The average molecular weight is 240 g/mol. The number of nitrogens with one attached hydrogen (secondary N) is 2. The minimum atomic E-state index is 0.497. The Bertz CT molecular complexity index is 678. The van der Waals surface area contributed by atoms with Gasteiger partial charge in [0, 0.05) is 29.6 Å². The third kappa shape index (κ3) is 1.71. The van der Waals surface area contributed by atoms with E-state index in [-0.39, 0.29) is 0 Å². The van der Waals surface area contributed by atoms with E-state index < -0.39 is 0 Å². The van der Waals surface area contributed by atoms with Crippen molar-refractivity contribution in [3.63, 3.8) is 0 Å². The number of nitrogens with two attached hydrogens (primary N) is 1. The van der Waals surface area contributed by atoms with E-state index in [1.54, 1.807) is 0 Å². The van der Waals surface area contributed by atoms with Crippen LogP contribution in [-0.2, 0) is 13.0 Å². The summed E-state index contributed by atoms with van der Waals surface area (Å²) in [5.41, 5.74) is 11.6. The lowest BCUT2D eigenvalue weighted by atomic mass is 10.0. The lowest BCUT2D eigenvalue weighted by Gasteiger charge is -2.02.